The third-order valence-corrected chi connectivity index (χ3v) is 4.42. The summed E-state index contributed by atoms with van der Waals surface area (Å²) in [6, 6.07) is 10.3. The average Bonchev–Trinajstić information content (AvgIpc) is 2.62. The summed E-state index contributed by atoms with van der Waals surface area (Å²) in [5.74, 6) is -0.335. The first-order valence-corrected chi connectivity index (χ1v) is 10.1. The van der Waals surface area contributed by atoms with E-state index in [1.54, 1.807) is 29.3 Å². The topological polar surface area (TPSA) is 80.6 Å². The summed E-state index contributed by atoms with van der Waals surface area (Å²) in [5, 5.41) is 2.83. The maximum absolute atomic E-state index is 12.5. The van der Waals surface area contributed by atoms with Gasteiger partial charge in [-0.15, -0.1) is 0 Å². The smallest absolute Gasteiger partial charge is 0.410 e. The Balaban J connectivity index is 2.13. The largest absolute Gasteiger partial charge is 0.444 e. The van der Waals surface area contributed by atoms with Crippen LogP contribution in [0.4, 0.5) is 10.5 Å². The van der Waals surface area contributed by atoms with E-state index < -0.39 is 11.7 Å². The molecule has 2 amide bonds. The standard InChI is InChI=1S/C21H26BrN3O4/c1-5-24(20(28)29-21(2,3)4)12-15-8-6-7-9-17(15)23-18(26)14-25-13-16(22)10-11-19(25)27/h6-11,13H,5,12,14H2,1-4H3,(H,23,26). The van der Waals surface area contributed by atoms with Gasteiger partial charge in [0.1, 0.15) is 12.1 Å². The molecule has 0 radical (unpaired) electrons. The van der Waals surface area contributed by atoms with Gasteiger partial charge in [-0.3, -0.25) is 9.59 Å². The molecule has 0 bridgehead atoms. The molecule has 8 heteroatoms. The van der Waals surface area contributed by atoms with Crippen LogP contribution < -0.4 is 10.9 Å². The maximum atomic E-state index is 12.5. The molecule has 0 saturated carbocycles. The minimum absolute atomic E-state index is 0.115. The molecule has 0 aliphatic rings. The highest BCUT2D eigenvalue weighted by Crippen LogP contribution is 2.19. The maximum Gasteiger partial charge on any atom is 0.410 e. The third-order valence-electron chi connectivity index (χ3n) is 3.95. The Morgan fingerprint density at radius 2 is 1.86 bits per heavy atom. The molecule has 2 aromatic rings. The van der Waals surface area contributed by atoms with Crippen LogP contribution in [0.25, 0.3) is 0 Å². The molecule has 0 unspecified atom stereocenters. The van der Waals surface area contributed by atoms with Crippen molar-refractivity contribution < 1.29 is 14.3 Å². The fraction of sp³-hybridized carbons (Fsp3) is 0.381. The molecule has 1 aromatic heterocycles. The second-order valence-electron chi connectivity index (χ2n) is 7.51. The van der Waals surface area contributed by atoms with Crippen molar-refractivity contribution in [2.75, 3.05) is 11.9 Å². The van der Waals surface area contributed by atoms with Crippen LogP contribution in [0, 0.1) is 0 Å². The fourth-order valence-electron chi connectivity index (χ4n) is 2.59. The van der Waals surface area contributed by atoms with Crippen LogP contribution >= 0.6 is 15.9 Å². The summed E-state index contributed by atoms with van der Waals surface area (Å²) < 4.78 is 7.47. The average molecular weight is 464 g/mol. The van der Waals surface area contributed by atoms with E-state index in [-0.39, 0.29) is 18.0 Å². The lowest BCUT2D eigenvalue weighted by molar-refractivity contribution is -0.116. The summed E-state index contributed by atoms with van der Waals surface area (Å²) in [7, 11) is 0. The summed E-state index contributed by atoms with van der Waals surface area (Å²) in [4.78, 5) is 38.4. The lowest BCUT2D eigenvalue weighted by Gasteiger charge is -2.27. The lowest BCUT2D eigenvalue weighted by Crippen LogP contribution is -2.36. The number of carbonyl (C=O) groups excluding carboxylic acids is 2. The molecule has 1 heterocycles. The van der Waals surface area contributed by atoms with Gasteiger partial charge in [-0.25, -0.2) is 4.79 Å². The Bertz CT molecular complexity index is 934. The highest BCUT2D eigenvalue weighted by atomic mass is 79.9. The van der Waals surface area contributed by atoms with Crippen molar-refractivity contribution in [1.29, 1.82) is 0 Å². The number of anilines is 1. The van der Waals surface area contributed by atoms with Gasteiger partial charge >= 0.3 is 6.09 Å². The van der Waals surface area contributed by atoms with Gasteiger partial charge in [-0.05, 0) is 61.3 Å². The van der Waals surface area contributed by atoms with Crippen LogP contribution in [-0.2, 0) is 22.6 Å². The highest BCUT2D eigenvalue weighted by molar-refractivity contribution is 9.10. The van der Waals surface area contributed by atoms with Crippen LogP contribution in [0.2, 0.25) is 0 Å². The predicted molar refractivity (Wildman–Crippen MR) is 116 cm³/mol. The minimum Gasteiger partial charge on any atom is -0.444 e. The molecule has 2 rings (SSSR count). The molecule has 1 N–H and O–H groups in total. The zero-order valence-electron chi connectivity index (χ0n) is 17.1. The summed E-state index contributed by atoms with van der Waals surface area (Å²) in [6.45, 7) is 7.95. The van der Waals surface area contributed by atoms with E-state index >= 15 is 0 Å². The summed E-state index contributed by atoms with van der Waals surface area (Å²) >= 11 is 3.29. The quantitative estimate of drug-likeness (QED) is 0.701. The van der Waals surface area contributed by atoms with Gasteiger partial charge in [-0.1, -0.05) is 18.2 Å². The normalized spacial score (nSPS) is 11.1. The van der Waals surface area contributed by atoms with E-state index in [1.807, 2.05) is 39.8 Å². The molecule has 0 aliphatic carbocycles. The fourth-order valence-corrected chi connectivity index (χ4v) is 2.97. The Morgan fingerprint density at radius 3 is 2.52 bits per heavy atom. The number of nitrogens with one attached hydrogen (secondary N) is 1. The van der Waals surface area contributed by atoms with Crippen molar-refractivity contribution in [3.63, 3.8) is 0 Å². The van der Waals surface area contributed by atoms with E-state index in [9.17, 15) is 14.4 Å². The highest BCUT2D eigenvalue weighted by Gasteiger charge is 2.22. The van der Waals surface area contributed by atoms with Gasteiger partial charge in [0, 0.05) is 29.0 Å². The number of para-hydroxylation sites is 1. The van der Waals surface area contributed by atoms with Crippen LogP contribution in [0.5, 0.6) is 0 Å². The predicted octanol–water partition coefficient (Wildman–Crippen LogP) is 4.01. The van der Waals surface area contributed by atoms with Crippen molar-refractivity contribution in [3.05, 3.63) is 63.0 Å². The summed E-state index contributed by atoms with van der Waals surface area (Å²) in [6.07, 6.45) is 1.15. The Hall–Kier alpha value is -2.61. The zero-order chi connectivity index (χ0) is 21.6. The number of rotatable bonds is 6. The summed E-state index contributed by atoms with van der Waals surface area (Å²) in [5.41, 5.74) is 0.506. The van der Waals surface area contributed by atoms with Crippen molar-refractivity contribution in [2.45, 2.75) is 46.4 Å². The van der Waals surface area contributed by atoms with E-state index in [0.717, 1.165) is 5.56 Å². The van der Waals surface area contributed by atoms with E-state index in [4.69, 9.17) is 4.74 Å². The number of pyridine rings is 1. The van der Waals surface area contributed by atoms with Crippen molar-refractivity contribution >= 4 is 33.6 Å². The molecule has 156 valence electrons. The first-order chi connectivity index (χ1) is 13.6. The Morgan fingerprint density at radius 1 is 1.17 bits per heavy atom. The molecule has 0 spiro atoms. The molecule has 0 aliphatic heterocycles. The van der Waals surface area contributed by atoms with E-state index in [2.05, 4.69) is 21.2 Å². The molecule has 0 saturated heterocycles. The number of hydrogen-bond acceptors (Lipinski definition) is 4. The number of carbonyl (C=O) groups is 2. The first kappa shape index (κ1) is 22.7. The molecule has 1 aromatic carbocycles. The van der Waals surface area contributed by atoms with E-state index in [1.165, 1.54) is 10.6 Å². The van der Waals surface area contributed by atoms with Gasteiger partial charge in [0.25, 0.3) is 5.56 Å². The zero-order valence-corrected chi connectivity index (χ0v) is 18.7. The van der Waals surface area contributed by atoms with Crippen molar-refractivity contribution in [3.8, 4) is 0 Å². The monoisotopic (exact) mass is 463 g/mol. The number of hydrogen-bond donors (Lipinski definition) is 1. The third kappa shape index (κ3) is 7.05. The van der Waals surface area contributed by atoms with Gasteiger partial charge in [-0.2, -0.15) is 0 Å². The lowest BCUT2D eigenvalue weighted by atomic mass is 10.1. The molecule has 0 fully saturated rings. The number of halogens is 1. The molecule has 29 heavy (non-hydrogen) atoms. The Kier molecular flexibility index (Phi) is 7.61. The second kappa shape index (κ2) is 9.73. The van der Waals surface area contributed by atoms with Gasteiger partial charge in [0.2, 0.25) is 5.91 Å². The number of nitrogens with zero attached hydrogens (tertiary/aromatic N) is 2. The number of benzene rings is 1. The SMILES string of the molecule is CCN(Cc1ccccc1NC(=O)Cn1cc(Br)ccc1=O)C(=O)OC(C)(C)C. The van der Waals surface area contributed by atoms with Crippen LogP contribution in [0.1, 0.15) is 33.3 Å². The van der Waals surface area contributed by atoms with Crippen LogP contribution in [0.3, 0.4) is 0 Å². The first-order valence-electron chi connectivity index (χ1n) is 9.30. The van der Waals surface area contributed by atoms with Crippen molar-refractivity contribution in [2.24, 2.45) is 0 Å². The second-order valence-corrected chi connectivity index (χ2v) is 8.43. The molecular weight excluding hydrogens is 438 g/mol. The molecule has 0 atom stereocenters. The van der Waals surface area contributed by atoms with Crippen LogP contribution in [-0.4, -0.2) is 33.6 Å². The minimum atomic E-state index is -0.588. The van der Waals surface area contributed by atoms with Gasteiger partial charge < -0.3 is 19.5 Å². The van der Waals surface area contributed by atoms with Crippen molar-refractivity contribution in [1.82, 2.24) is 9.47 Å². The molecular formula is C21H26BrN3O4. The van der Waals surface area contributed by atoms with Gasteiger partial charge in [0.15, 0.2) is 0 Å². The number of aromatic nitrogens is 1. The van der Waals surface area contributed by atoms with Gasteiger partial charge in [0.05, 0.1) is 6.54 Å². The Labute approximate surface area is 178 Å². The van der Waals surface area contributed by atoms with E-state index in [0.29, 0.717) is 23.2 Å². The molecule has 7 nitrogen and oxygen atoms in total. The number of ether oxygens (including phenoxy) is 1. The van der Waals surface area contributed by atoms with Crippen LogP contribution in [0.15, 0.2) is 51.9 Å². The number of amides is 2.